The number of rotatable bonds is 7. The van der Waals surface area contributed by atoms with Crippen molar-refractivity contribution in [2.75, 3.05) is 26.8 Å². The van der Waals surface area contributed by atoms with Gasteiger partial charge in [-0.1, -0.05) is 19.1 Å². The number of carbonyl (C=O) groups excluding carboxylic acids is 1. The van der Waals surface area contributed by atoms with Crippen LogP contribution >= 0.6 is 0 Å². The van der Waals surface area contributed by atoms with Gasteiger partial charge in [0.25, 0.3) is 5.56 Å². The molecule has 1 saturated heterocycles. The van der Waals surface area contributed by atoms with E-state index in [2.05, 4.69) is 17.1 Å². The van der Waals surface area contributed by atoms with Crippen LogP contribution in [-0.2, 0) is 11.3 Å². The molecule has 7 heteroatoms. The fraction of sp³-hybridized carbons (Fsp3) is 0.500. The molecular formula is C24H31N3O4. The number of carbonyl (C=O) groups is 1. The summed E-state index contributed by atoms with van der Waals surface area (Å²) in [5, 5.41) is 13.2. The molecule has 2 aliphatic heterocycles. The molecule has 1 fully saturated rings. The lowest BCUT2D eigenvalue weighted by Crippen LogP contribution is -2.46. The molecule has 0 unspecified atom stereocenters. The predicted molar refractivity (Wildman–Crippen MR) is 119 cm³/mol. The van der Waals surface area contributed by atoms with Crippen LogP contribution in [0.15, 0.2) is 41.2 Å². The molecule has 2 bridgehead atoms. The minimum Gasteiger partial charge on any atom is -0.497 e. The smallest absolute Gasteiger partial charge is 0.258 e. The third kappa shape index (κ3) is 3.55. The topological polar surface area (TPSA) is 83.8 Å². The Bertz CT molecular complexity index is 1000. The second-order valence-corrected chi connectivity index (χ2v) is 8.33. The lowest BCUT2D eigenvalue weighted by Gasteiger charge is -2.38. The van der Waals surface area contributed by atoms with Gasteiger partial charge in [0, 0.05) is 42.9 Å². The Morgan fingerprint density at radius 3 is 2.55 bits per heavy atom. The van der Waals surface area contributed by atoms with Crippen molar-refractivity contribution >= 4 is 5.91 Å². The van der Waals surface area contributed by atoms with E-state index in [4.69, 9.17) is 4.74 Å². The van der Waals surface area contributed by atoms with Crippen molar-refractivity contribution in [3.63, 3.8) is 0 Å². The summed E-state index contributed by atoms with van der Waals surface area (Å²) in [5.74, 6) is 0.120. The number of ether oxygens (including phenoxy) is 1. The number of nitrogens with one attached hydrogen (secondary N) is 1. The summed E-state index contributed by atoms with van der Waals surface area (Å²) in [6.07, 6.45) is 0.946. The fourth-order valence-corrected chi connectivity index (χ4v) is 5.37. The van der Waals surface area contributed by atoms with Crippen molar-refractivity contribution < 1.29 is 14.6 Å². The molecule has 1 aromatic carbocycles. The molecule has 166 valence electrons. The minimum absolute atomic E-state index is 0.0427. The number of hydrogen-bond donors (Lipinski definition) is 2. The number of aromatic nitrogens is 1. The maximum Gasteiger partial charge on any atom is 0.258 e. The van der Waals surface area contributed by atoms with Crippen LogP contribution in [0.5, 0.6) is 5.75 Å². The van der Waals surface area contributed by atoms with Gasteiger partial charge in [0.1, 0.15) is 5.75 Å². The van der Waals surface area contributed by atoms with Crippen LogP contribution < -0.4 is 15.6 Å². The SMILES string of the molecule is CCCN1[C@@H]2c3ccc(-c4ccc(OC)cc4)c(=O)n3C[C@H]1[C@H](CO)[C@H]2C(=O)NCC. The molecule has 1 aromatic heterocycles. The van der Waals surface area contributed by atoms with E-state index in [-0.39, 0.29) is 42.0 Å². The third-order valence-corrected chi connectivity index (χ3v) is 6.71. The summed E-state index contributed by atoms with van der Waals surface area (Å²) < 4.78 is 7.05. The molecule has 0 saturated carbocycles. The molecule has 0 spiro atoms. The van der Waals surface area contributed by atoms with Crippen molar-refractivity contribution in [2.45, 2.75) is 38.9 Å². The Hall–Kier alpha value is -2.64. The first-order chi connectivity index (χ1) is 15.0. The average Bonchev–Trinajstić information content (AvgIpc) is 2.99. The number of fused-ring (bicyclic) bond motifs is 4. The van der Waals surface area contributed by atoms with Crippen molar-refractivity contribution in [3.05, 3.63) is 52.4 Å². The zero-order chi connectivity index (χ0) is 22.1. The number of aliphatic hydroxyl groups is 1. The second-order valence-electron chi connectivity index (χ2n) is 8.33. The molecule has 31 heavy (non-hydrogen) atoms. The van der Waals surface area contributed by atoms with Crippen LogP contribution in [0.3, 0.4) is 0 Å². The van der Waals surface area contributed by atoms with Gasteiger partial charge >= 0.3 is 0 Å². The van der Waals surface area contributed by atoms with Crippen molar-refractivity contribution in [1.29, 1.82) is 0 Å². The van der Waals surface area contributed by atoms with Gasteiger partial charge in [0.2, 0.25) is 5.91 Å². The number of nitrogens with zero attached hydrogens (tertiary/aromatic N) is 2. The Morgan fingerprint density at radius 1 is 1.19 bits per heavy atom. The molecule has 3 heterocycles. The first kappa shape index (κ1) is 21.6. The maximum absolute atomic E-state index is 13.5. The molecule has 0 aliphatic carbocycles. The summed E-state index contributed by atoms with van der Waals surface area (Å²) in [4.78, 5) is 28.8. The fourth-order valence-electron chi connectivity index (χ4n) is 5.37. The van der Waals surface area contributed by atoms with Gasteiger partial charge < -0.3 is 19.7 Å². The third-order valence-electron chi connectivity index (χ3n) is 6.71. The van der Waals surface area contributed by atoms with Gasteiger partial charge in [-0.25, -0.2) is 0 Å². The van der Waals surface area contributed by atoms with E-state index in [0.717, 1.165) is 30.0 Å². The largest absolute Gasteiger partial charge is 0.497 e. The zero-order valence-electron chi connectivity index (χ0n) is 18.4. The van der Waals surface area contributed by atoms with Crippen LogP contribution in [0, 0.1) is 11.8 Å². The second kappa shape index (κ2) is 8.85. The van der Waals surface area contributed by atoms with E-state index < -0.39 is 0 Å². The van der Waals surface area contributed by atoms with Crippen LogP contribution in [-0.4, -0.2) is 53.3 Å². The van der Waals surface area contributed by atoms with Crippen molar-refractivity contribution in [2.24, 2.45) is 11.8 Å². The first-order valence-electron chi connectivity index (χ1n) is 11.1. The van der Waals surface area contributed by atoms with Crippen LogP contribution in [0.4, 0.5) is 0 Å². The molecule has 4 atom stereocenters. The minimum atomic E-state index is -0.374. The maximum atomic E-state index is 13.5. The van der Waals surface area contributed by atoms with E-state index in [9.17, 15) is 14.7 Å². The van der Waals surface area contributed by atoms with E-state index in [1.807, 2.05) is 47.9 Å². The Balaban J connectivity index is 1.81. The first-order valence-corrected chi connectivity index (χ1v) is 11.1. The number of benzene rings is 1. The summed E-state index contributed by atoms with van der Waals surface area (Å²) in [6, 6.07) is 11.1. The molecule has 1 amide bonds. The normalized spacial score (nSPS) is 24.6. The van der Waals surface area contributed by atoms with Gasteiger partial charge in [-0.3, -0.25) is 14.5 Å². The molecule has 2 N–H and O–H groups in total. The Kier molecular flexibility index (Phi) is 6.16. The molecule has 2 aliphatic rings. The summed E-state index contributed by atoms with van der Waals surface area (Å²) in [5.41, 5.74) is 2.27. The summed E-state index contributed by atoms with van der Waals surface area (Å²) in [7, 11) is 1.61. The van der Waals surface area contributed by atoms with E-state index in [1.165, 1.54) is 0 Å². The summed E-state index contributed by atoms with van der Waals surface area (Å²) >= 11 is 0. The molecule has 0 radical (unpaired) electrons. The van der Waals surface area contributed by atoms with Gasteiger partial charge in [0.15, 0.2) is 0 Å². The highest BCUT2D eigenvalue weighted by atomic mass is 16.5. The molecule has 4 rings (SSSR count). The van der Waals surface area contributed by atoms with Crippen molar-refractivity contribution in [3.8, 4) is 16.9 Å². The predicted octanol–water partition coefficient (Wildman–Crippen LogP) is 2.03. The van der Waals surface area contributed by atoms with E-state index >= 15 is 0 Å². The molecule has 2 aromatic rings. The van der Waals surface area contributed by atoms with Gasteiger partial charge in [-0.05, 0) is 49.7 Å². The Morgan fingerprint density at radius 2 is 1.94 bits per heavy atom. The van der Waals surface area contributed by atoms with Gasteiger partial charge in [-0.15, -0.1) is 0 Å². The Labute approximate surface area is 182 Å². The van der Waals surface area contributed by atoms with E-state index in [1.54, 1.807) is 7.11 Å². The highest BCUT2D eigenvalue weighted by molar-refractivity contribution is 5.80. The average molecular weight is 426 g/mol. The number of hydrogen-bond acceptors (Lipinski definition) is 5. The number of pyridine rings is 1. The zero-order valence-corrected chi connectivity index (χ0v) is 18.4. The number of methoxy groups -OCH3 is 1. The highest BCUT2D eigenvalue weighted by Gasteiger charge is 2.55. The van der Waals surface area contributed by atoms with E-state index in [0.29, 0.717) is 18.7 Å². The van der Waals surface area contributed by atoms with Crippen LogP contribution in [0.25, 0.3) is 11.1 Å². The molecule has 7 nitrogen and oxygen atoms in total. The van der Waals surface area contributed by atoms with Crippen molar-refractivity contribution in [1.82, 2.24) is 14.8 Å². The lowest BCUT2D eigenvalue weighted by molar-refractivity contribution is -0.127. The summed E-state index contributed by atoms with van der Waals surface area (Å²) in [6.45, 7) is 5.80. The van der Waals surface area contributed by atoms with Gasteiger partial charge in [0.05, 0.1) is 19.1 Å². The monoisotopic (exact) mass is 425 g/mol. The standard InChI is InChI=1S/C24H31N3O4/c1-4-12-26-20-13-27-19(22(26)21(18(20)14-28)23(29)25-5-2)11-10-17(24(27)30)15-6-8-16(31-3)9-7-15/h6-11,18,20-22,28H,4-5,12-14H2,1-3H3,(H,25,29)/t18-,20-,21+,22+/m0/s1. The quantitative estimate of drug-likeness (QED) is 0.709. The van der Waals surface area contributed by atoms with Crippen LogP contribution in [0.2, 0.25) is 0 Å². The number of amides is 1. The highest BCUT2D eigenvalue weighted by Crippen LogP contribution is 2.48. The van der Waals surface area contributed by atoms with Gasteiger partial charge in [-0.2, -0.15) is 0 Å². The molecular weight excluding hydrogens is 394 g/mol. The van der Waals surface area contributed by atoms with Crippen LogP contribution in [0.1, 0.15) is 32.0 Å². The lowest BCUT2D eigenvalue weighted by atomic mass is 9.86. The number of aliphatic hydroxyl groups excluding tert-OH is 1.